The topological polar surface area (TPSA) is 48.3 Å². The van der Waals surface area contributed by atoms with Crippen LogP contribution in [0.15, 0.2) is 0 Å². The summed E-state index contributed by atoms with van der Waals surface area (Å²) in [5, 5.41) is 12.8. The molecule has 4 unspecified atom stereocenters. The van der Waals surface area contributed by atoms with Crippen molar-refractivity contribution >= 4 is 0 Å². The third-order valence-corrected chi connectivity index (χ3v) is 4.96. The van der Waals surface area contributed by atoms with Crippen LogP contribution in [0.1, 0.15) is 39.5 Å². The van der Waals surface area contributed by atoms with E-state index in [0.717, 1.165) is 38.9 Å². The molecular weight excluding hydrogens is 238 g/mol. The lowest BCUT2D eigenvalue weighted by atomic mass is 9.93. The van der Waals surface area contributed by atoms with E-state index in [0.29, 0.717) is 18.1 Å². The first-order valence-electron chi connectivity index (χ1n) is 7.57. The minimum atomic E-state index is -0.287. The molecule has 2 fully saturated rings. The summed E-state index contributed by atoms with van der Waals surface area (Å²) in [6, 6.07) is 3.06. The number of nitrogens with one attached hydrogen (secondary N) is 1. The van der Waals surface area contributed by atoms with E-state index in [1.165, 1.54) is 6.42 Å². The van der Waals surface area contributed by atoms with Gasteiger partial charge in [0.2, 0.25) is 0 Å². The summed E-state index contributed by atoms with van der Waals surface area (Å²) in [6.07, 6.45) is 4.62. The third-order valence-electron chi connectivity index (χ3n) is 4.96. The van der Waals surface area contributed by atoms with Gasteiger partial charge in [0, 0.05) is 19.7 Å². The molecule has 0 aromatic heterocycles. The Hall–Kier alpha value is -0.630. The van der Waals surface area contributed by atoms with Crippen LogP contribution < -0.4 is 5.32 Å². The summed E-state index contributed by atoms with van der Waals surface area (Å²) < 4.78 is 5.60. The van der Waals surface area contributed by atoms with E-state index in [1.807, 2.05) is 7.11 Å². The molecule has 1 aliphatic heterocycles. The number of ether oxygens (including phenoxy) is 1. The van der Waals surface area contributed by atoms with Crippen LogP contribution in [0.5, 0.6) is 0 Å². The Bertz CT molecular complexity index is 341. The predicted molar refractivity (Wildman–Crippen MR) is 75.8 cm³/mol. The summed E-state index contributed by atoms with van der Waals surface area (Å²) in [4.78, 5) is 2.55. The monoisotopic (exact) mass is 265 g/mol. The van der Waals surface area contributed by atoms with Crippen molar-refractivity contribution in [3.63, 3.8) is 0 Å². The van der Waals surface area contributed by atoms with E-state index in [1.54, 1.807) is 0 Å². The second-order valence-electron chi connectivity index (χ2n) is 6.16. The van der Waals surface area contributed by atoms with Crippen LogP contribution >= 0.6 is 0 Å². The maximum absolute atomic E-state index is 9.45. The van der Waals surface area contributed by atoms with Gasteiger partial charge in [0.1, 0.15) is 5.54 Å². The number of hydrogen-bond donors (Lipinski definition) is 1. The lowest BCUT2D eigenvalue weighted by molar-refractivity contribution is -0.0187. The second kappa shape index (κ2) is 6.21. The van der Waals surface area contributed by atoms with E-state index in [-0.39, 0.29) is 5.54 Å². The van der Waals surface area contributed by atoms with Gasteiger partial charge in [-0.2, -0.15) is 5.26 Å². The molecule has 4 atom stereocenters. The standard InChI is InChI=1S/C15H27N3O/c1-4-17-15(11-16)7-5-13(9-15)18-8-6-12(2)14(10-18)19-3/h12-14,17H,4-10H2,1-3H3. The molecule has 1 aliphatic carbocycles. The Morgan fingerprint density at radius 2 is 2.26 bits per heavy atom. The van der Waals surface area contributed by atoms with Gasteiger partial charge in [0.05, 0.1) is 12.2 Å². The fraction of sp³-hybridized carbons (Fsp3) is 0.933. The Labute approximate surface area is 117 Å². The van der Waals surface area contributed by atoms with Crippen LogP contribution in [0.4, 0.5) is 0 Å². The molecule has 108 valence electrons. The molecule has 0 spiro atoms. The Morgan fingerprint density at radius 3 is 2.89 bits per heavy atom. The van der Waals surface area contributed by atoms with Crippen LogP contribution in [0.25, 0.3) is 0 Å². The third kappa shape index (κ3) is 3.10. The van der Waals surface area contributed by atoms with Gasteiger partial charge >= 0.3 is 0 Å². The number of likely N-dealkylation sites (tertiary alicyclic amines) is 1. The minimum Gasteiger partial charge on any atom is -0.380 e. The van der Waals surface area contributed by atoms with Crippen molar-refractivity contribution in [3.8, 4) is 6.07 Å². The molecule has 0 amide bonds. The van der Waals surface area contributed by atoms with Gasteiger partial charge in [0.25, 0.3) is 0 Å². The van der Waals surface area contributed by atoms with E-state index in [4.69, 9.17) is 4.74 Å². The first-order valence-corrected chi connectivity index (χ1v) is 7.57. The molecule has 1 heterocycles. The number of piperidine rings is 1. The molecule has 2 aliphatic rings. The zero-order valence-electron chi connectivity index (χ0n) is 12.5. The highest BCUT2D eigenvalue weighted by Gasteiger charge is 2.42. The molecular formula is C15H27N3O. The molecule has 4 nitrogen and oxygen atoms in total. The van der Waals surface area contributed by atoms with Crippen molar-refractivity contribution < 1.29 is 4.74 Å². The molecule has 19 heavy (non-hydrogen) atoms. The quantitative estimate of drug-likeness (QED) is 0.841. The number of methoxy groups -OCH3 is 1. The summed E-state index contributed by atoms with van der Waals surface area (Å²) in [5.41, 5.74) is -0.287. The van der Waals surface area contributed by atoms with Gasteiger partial charge in [-0.3, -0.25) is 10.2 Å². The van der Waals surface area contributed by atoms with E-state index in [2.05, 4.69) is 30.1 Å². The highest BCUT2D eigenvalue weighted by atomic mass is 16.5. The number of rotatable bonds is 4. The van der Waals surface area contributed by atoms with Crippen LogP contribution in [0.2, 0.25) is 0 Å². The van der Waals surface area contributed by atoms with Crippen molar-refractivity contribution in [2.24, 2.45) is 5.92 Å². The maximum Gasteiger partial charge on any atom is 0.108 e. The van der Waals surface area contributed by atoms with Gasteiger partial charge < -0.3 is 4.74 Å². The zero-order valence-corrected chi connectivity index (χ0v) is 12.5. The Kier molecular flexibility index (Phi) is 4.83. The van der Waals surface area contributed by atoms with Crippen LogP contribution in [-0.2, 0) is 4.74 Å². The first-order chi connectivity index (χ1) is 9.14. The van der Waals surface area contributed by atoms with Crippen LogP contribution in [0.3, 0.4) is 0 Å². The largest absolute Gasteiger partial charge is 0.380 e. The van der Waals surface area contributed by atoms with Crippen molar-refractivity contribution in [2.45, 2.75) is 57.2 Å². The minimum absolute atomic E-state index is 0.287. The normalized spacial score (nSPS) is 40.2. The van der Waals surface area contributed by atoms with Gasteiger partial charge in [0.15, 0.2) is 0 Å². The molecule has 1 saturated heterocycles. The van der Waals surface area contributed by atoms with Crippen molar-refractivity contribution in [1.29, 1.82) is 5.26 Å². The number of nitriles is 1. The maximum atomic E-state index is 9.45. The fourth-order valence-corrected chi connectivity index (χ4v) is 3.67. The average Bonchev–Trinajstić information content (AvgIpc) is 2.85. The van der Waals surface area contributed by atoms with Crippen LogP contribution in [0, 0.1) is 17.2 Å². The van der Waals surface area contributed by atoms with Gasteiger partial charge in [-0.25, -0.2) is 0 Å². The lowest BCUT2D eigenvalue weighted by Crippen LogP contribution is -2.49. The van der Waals surface area contributed by atoms with Gasteiger partial charge in [-0.1, -0.05) is 13.8 Å². The fourth-order valence-electron chi connectivity index (χ4n) is 3.67. The van der Waals surface area contributed by atoms with Crippen molar-refractivity contribution in [3.05, 3.63) is 0 Å². The average molecular weight is 265 g/mol. The molecule has 0 aromatic rings. The van der Waals surface area contributed by atoms with Gasteiger partial charge in [-0.15, -0.1) is 0 Å². The smallest absolute Gasteiger partial charge is 0.108 e. The molecule has 4 heteroatoms. The van der Waals surface area contributed by atoms with Crippen molar-refractivity contribution in [2.75, 3.05) is 26.7 Å². The van der Waals surface area contributed by atoms with E-state index in [9.17, 15) is 5.26 Å². The SMILES string of the molecule is CCNC1(C#N)CCC(N2CCC(C)C(OC)C2)C1. The van der Waals surface area contributed by atoms with E-state index >= 15 is 0 Å². The Morgan fingerprint density at radius 1 is 1.47 bits per heavy atom. The second-order valence-corrected chi connectivity index (χ2v) is 6.16. The molecule has 1 saturated carbocycles. The highest BCUT2D eigenvalue weighted by Crippen LogP contribution is 2.34. The lowest BCUT2D eigenvalue weighted by Gasteiger charge is -2.39. The summed E-state index contributed by atoms with van der Waals surface area (Å²) >= 11 is 0. The molecule has 2 rings (SSSR count). The first kappa shape index (κ1) is 14.8. The predicted octanol–water partition coefficient (Wildman–Crippen LogP) is 1.77. The molecule has 0 radical (unpaired) electrons. The molecule has 0 bridgehead atoms. The summed E-state index contributed by atoms with van der Waals surface area (Å²) in [6.45, 7) is 7.40. The number of hydrogen-bond acceptors (Lipinski definition) is 4. The molecule has 0 aromatic carbocycles. The number of nitrogens with zero attached hydrogens (tertiary/aromatic N) is 2. The van der Waals surface area contributed by atoms with Crippen molar-refractivity contribution in [1.82, 2.24) is 10.2 Å². The van der Waals surface area contributed by atoms with E-state index < -0.39 is 0 Å². The van der Waals surface area contributed by atoms with Gasteiger partial charge in [-0.05, 0) is 44.7 Å². The molecule has 1 N–H and O–H groups in total. The zero-order chi connectivity index (χ0) is 13.9. The highest BCUT2D eigenvalue weighted by molar-refractivity contribution is 5.13. The summed E-state index contributed by atoms with van der Waals surface area (Å²) in [7, 11) is 1.82. The Balaban J connectivity index is 1.95. The summed E-state index contributed by atoms with van der Waals surface area (Å²) in [5.74, 6) is 0.650. The van der Waals surface area contributed by atoms with Crippen LogP contribution in [-0.4, -0.2) is 49.3 Å².